The Kier molecular flexibility index (Phi) is 11.6. The number of benzene rings is 2. The zero-order chi connectivity index (χ0) is 45.8. The molecule has 10 rings (SSSR count). The third-order valence-corrected chi connectivity index (χ3v) is 13.8. The van der Waals surface area contributed by atoms with Gasteiger partial charge in [-0.15, -0.1) is 0 Å². The topological polar surface area (TPSA) is 180 Å². The third kappa shape index (κ3) is 8.43. The highest BCUT2D eigenvalue weighted by Crippen LogP contribution is 2.35. The number of hydrogen-bond acceptors (Lipinski definition) is 12. The monoisotopic (exact) mass is 899 g/mol. The lowest BCUT2D eigenvalue weighted by molar-refractivity contribution is -0.136. The Balaban J connectivity index is 0.758. The van der Waals surface area contributed by atoms with E-state index in [4.69, 9.17) is 14.7 Å². The molecule has 2 atom stereocenters. The van der Waals surface area contributed by atoms with Gasteiger partial charge in [0, 0.05) is 83.6 Å². The molecule has 5 aliphatic rings. The minimum atomic E-state index is -1.10. The van der Waals surface area contributed by atoms with Crippen molar-refractivity contribution in [2.75, 3.05) is 62.6 Å². The van der Waals surface area contributed by atoms with Gasteiger partial charge in [-0.3, -0.25) is 49.4 Å². The predicted octanol–water partition coefficient (Wildman–Crippen LogP) is 4.78. The Morgan fingerprint density at radius 3 is 2.36 bits per heavy atom. The second-order valence-corrected chi connectivity index (χ2v) is 18.6. The second kappa shape index (κ2) is 17.7. The molecule has 2 N–H and O–H groups in total. The minimum Gasteiger partial charge on any atom is -0.477 e. The quantitative estimate of drug-likeness (QED) is 0.223. The van der Waals surface area contributed by atoms with Crippen LogP contribution in [0.1, 0.15) is 87.8 Å². The summed E-state index contributed by atoms with van der Waals surface area (Å²) in [6, 6.07) is 11.4. The number of ether oxygens (including phenoxy) is 1. The highest BCUT2D eigenvalue weighted by Gasteiger charge is 2.45. The molecule has 5 aliphatic heterocycles. The van der Waals surface area contributed by atoms with Crippen LogP contribution in [-0.4, -0.2) is 127 Å². The van der Waals surface area contributed by atoms with Gasteiger partial charge < -0.3 is 19.1 Å². The van der Waals surface area contributed by atoms with Gasteiger partial charge >= 0.3 is 0 Å². The fourth-order valence-electron chi connectivity index (χ4n) is 10.3. The molecule has 18 heteroatoms. The van der Waals surface area contributed by atoms with Crippen molar-refractivity contribution in [3.05, 3.63) is 82.4 Å². The standard InChI is InChI=1S/C48H54FN11O6/c1-28-5-4-18-66-47-35(24-50-55(47)3)38-21-32(19-29(2)51-38)43(62)54-48-52-37-7-6-31(20-41(37)59(48)25-28)27-57-16-14-56(15-17-57)26-30-10-12-58(13-11-30)40-23-34-33(22-36(40)49)45(64)60(46(34)65)39-8-9-42(61)53-44(39)63/h6-7,19-24,28,30,39H,4-5,8-18,25-27H2,1-3H3,(H,52,54,62)(H,53,61,63)/t28-,39?/m1/s1. The smallest absolute Gasteiger partial charge is 0.262 e. The molecule has 0 radical (unpaired) electrons. The number of aryl methyl sites for hydroxylation is 2. The summed E-state index contributed by atoms with van der Waals surface area (Å²) in [4.78, 5) is 82.1. The number of halogens is 1. The number of anilines is 2. The highest BCUT2D eigenvalue weighted by atomic mass is 19.1. The minimum absolute atomic E-state index is 0.0194. The number of nitrogens with one attached hydrogen (secondary N) is 2. The van der Waals surface area contributed by atoms with Crippen LogP contribution in [-0.2, 0) is 29.7 Å². The molecule has 17 nitrogen and oxygen atoms in total. The first-order valence-electron chi connectivity index (χ1n) is 23.1. The lowest BCUT2D eigenvalue weighted by Gasteiger charge is -2.39. The molecule has 2 bridgehead atoms. The van der Waals surface area contributed by atoms with Gasteiger partial charge in [0.05, 0.1) is 51.9 Å². The number of amides is 5. The molecule has 3 saturated heterocycles. The van der Waals surface area contributed by atoms with Crippen molar-refractivity contribution in [1.29, 1.82) is 0 Å². The summed E-state index contributed by atoms with van der Waals surface area (Å²) in [6.45, 7) is 12.0. The fourth-order valence-corrected chi connectivity index (χ4v) is 10.3. The molecule has 2 aromatic carbocycles. The number of carbonyl (C=O) groups is 5. The number of aromatic nitrogens is 5. The van der Waals surface area contributed by atoms with Crippen LogP contribution >= 0.6 is 0 Å². The van der Waals surface area contributed by atoms with Gasteiger partial charge in [0.1, 0.15) is 11.9 Å². The number of piperidine rings is 2. The molecule has 3 aromatic heterocycles. The van der Waals surface area contributed by atoms with Gasteiger partial charge in [-0.2, -0.15) is 5.10 Å². The number of carbonyl (C=O) groups excluding carboxylic acids is 5. The Hall–Kier alpha value is -6.53. The van der Waals surface area contributed by atoms with E-state index in [1.54, 1.807) is 23.0 Å². The molecule has 5 aromatic rings. The van der Waals surface area contributed by atoms with Crippen molar-refractivity contribution in [3.63, 3.8) is 0 Å². The van der Waals surface area contributed by atoms with E-state index in [0.717, 1.165) is 92.5 Å². The van der Waals surface area contributed by atoms with Crippen molar-refractivity contribution >= 4 is 52.2 Å². The average molecular weight is 900 g/mol. The molecule has 1 unspecified atom stereocenters. The third-order valence-electron chi connectivity index (χ3n) is 13.8. The SMILES string of the molecule is Cc1cc2cc(n1)-c1cnn(C)c1OCCC[C@@H](C)Cn1c(nc3ccc(CN4CCN(CC5CCN(c6cc7c(cc6F)C(=O)N(C6CCC(=O)NC6=O)C7=O)CC5)CC4)cc31)NC2=O. The van der Waals surface area contributed by atoms with Gasteiger partial charge in [-0.25, -0.2) is 14.1 Å². The molecule has 0 spiro atoms. The first-order chi connectivity index (χ1) is 31.9. The van der Waals surface area contributed by atoms with E-state index in [1.165, 1.54) is 11.6 Å². The van der Waals surface area contributed by atoms with Crippen LogP contribution in [0.15, 0.2) is 48.7 Å². The van der Waals surface area contributed by atoms with Crippen LogP contribution < -0.4 is 20.3 Å². The van der Waals surface area contributed by atoms with Crippen molar-refractivity contribution in [1.82, 2.24) is 44.3 Å². The number of imidazole rings is 1. The van der Waals surface area contributed by atoms with Crippen LogP contribution in [0.25, 0.3) is 22.3 Å². The van der Waals surface area contributed by atoms with E-state index >= 15 is 4.39 Å². The Morgan fingerprint density at radius 1 is 0.833 bits per heavy atom. The number of piperazine rings is 1. The van der Waals surface area contributed by atoms with E-state index < -0.39 is 35.5 Å². The summed E-state index contributed by atoms with van der Waals surface area (Å²) >= 11 is 0. The van der Waals surface area contributed by atoms with Gasteiger partial charge in [0.2, 0.25) is 23.6 Å². The Bertz CT molecular complexity index is 2770. The van der Waals surface area contributed by atoms with E-state index in [0.29, 0.717) is 60.9 Å². The number of nitrogens with zero attached hydrogens (tertiary/aromatic N) is 9. The van der Waals surface area contributed by atoms with Crippen molar-refractivity contribution in [2.24, 2.45) is 18.9 Å². The lowest BCUT2D eigenvalue weighted by atomic mass is 9.95. The Morgan fingerprint density at radius 2 is 1.59 bits per heavy atom. The maximum Gasteiger partial charge on any atom is 0.262 e. The van der Waals surface area contributed by atoms with Gasteiger partial charge in [0.15, 0.2) is 0 Å². The summed E-state index contributed by atoms with van der Waals surface area (Å²) in [5.41, 5.74) is 5.87. The van der Waals surface area contributed by atoms with E-state index in [2.05, 4.69) is 55.2 Å². The highest BCUT2D eigenvalue weighted by molar-refractivity contribution is 6.23. The normalized spacial score (nSPS) is 21.5. The molecule has 3 fully saturated rings. The van der Waals surface area contributed by atoms with Crippen LogP contribution in [0, 0.1) is 24.6 Å². The maximum absolute atomic E-state index is 15.6. The largest absolute Gasteiger partial charge is 0.477 e. The predicted molar refractivity (Wildman–Crippen MR) is 242 cm³/mol. The fraction of sp³-hybridized carbons (Fsp3) is 0.458. The van der Waals surface area contributed by atoms with Gasteiger partial charge in [-0.1, -0.05) is 13.0 Å². The van der Waals surface area contributed by atoms with Crippen LogP contribution in [0.2, 0.25) is 0 Å². The van der Waals surface area contributed by atoms with Crippen LogP contribution in [0.3, 0.4) is 0 Å². The van der Waals surface area contributed by atoms with Gasteiger partial charge in [0.25, 0.3) is 17.7 Å². The van der Waals surface area contributed by atoms with Gasteiger partial charge in [-0.05, 0) is 92.8 Å². The van der Waals surface area contributed by atoms with Crippen molar-refractivity contribution in [2.45, 2.75) is 71.5 Å². The lowest BCUT2D eigenvalue weighted by Crippen LogP contribution is -2.54. The van der Waals surface area contributed by atoms with Crippen LogP contribution in [0.4, 0.5) is 16.0 Å². The summed E-state index contributed by atoms with van der Waals surface area (Å²) in [5.74, 6) is -1.46. The summed E-state index contributed by atoms with van der Waals surface area (Å²) < 4.78 is 25.7. The van der Waals surface area contributed by atoms with Crippen molar-refractivity contribution in [3.8, 4) is 17.1 Å². The zero-order valence-electron chi connectivity index (χ0n) is 37.5. The number of imide groups is 2. The number of hydrogen-bond donors (Lipinski definition) is 2. The molecular formula is C48H54FN11O6. The van der Waals surface area contributed by atoms with E-state index in [1.807, 2.05) is 18.9 Å². The number of fused-ring (bicyclic) bond motifs is 8. The molecule has 0 saturated carbocycles. The first-order valence-corrected chi connectivity index (χ1v) is 23.1. The molecule has 8 heterocycles. The number of pyridine rings is 1. The zero-order valence-corrected chi connectivity index (χ0v) is 37.5. The summed E-state index contributed by atoms with van der Waals surface area (Å²) in [7, 11) is 1.84. The number of rotatable bonds is 6. The average Bonchev–Trinajstić information content (AvgIpc) is 3.91. The molecule has 5 amide bonds. The van der Waals surface area contributed by atoms with Crippen molar-refractivity contribution < 1.29 is 33.1 Å². The van der Waals surface area contributed by atoms with E-state index in [-0.39, 0.29) is 41.5 Å². The first kappa shape index (κ1) is 43.4. The molecule has 344 valence electrons. The van der Waals surface area contributed by atoms with Crippen LogP contribution in [0.5, 0.6) is 5.88 Å². The molecule has 0 aliphatic carbocycles. The summed E-state index contributed by atoms with van der Waals surface area (Å²) in [6.07, 6.45) is 5.29. The second-order valence-electron chi connectivity index (χ2n) is 18.6. The summed E-state index contributed by atoms with van der Waals surface area (Å²) in [5, 5.41) is 9.74. The molecular weight excluding hydrogens is 846 g/mol. The molecule has 66 heavy (non-hydrogen) atoms. The Labute approximate surface area is 381 Å². The van der Waals surface area contributed by atoms with E-state index in [9.17, 15) is 24.0 Å². The maximum atomic E-state index is 15.6.